The van der Waals surface area contributed by atoms with Gasteiger partial charge in [-0.05, 0) is 42.9 Å². The van der Waals surface area contributed by atoms with E-state index in [2.05, 4.69) is 10.6 Å². The Morgan fingerprint density at radius 2 is 1.46 bits per heavy atom. The predicted molar refractivity (Wildman–Crippen MR) is 116 cm³/mol. The van der Waals surface area contributed by atoms with Gasteiger partial charge >= 0.3 is 0 Å². The molecular weight excluding hydrogens is 392 g/mol. The maximum atomic E-state index is 13.0. The topological polar surface area (TPSA) is 58.2 Å². The van der Waals surface area contributed by atoms with Crippen LogP contribution in [0, 0.1) is 6.92 Å². The Morgan fingerprint density at radius 1 is 0.821 bits per heavy atom. The minimum atomic E-state index is -0.199. The number of halogens is 1. The maximum absolute atomic E-state index is 13.0. The van der Waals surface area contributed by atoms with Gasteiger partial charge in [-0.3, -0.25) is 9.59 Å². The first kappa shape index (κ1) is 18.3. The van der Waals surface area contributed by atoms with Gasteiger partial charge in [-0.1, -0.05) is 54.1 Å². The van der Waals surface area contributed by atoms with Crippen molar-refractivity contribution in [3.8, 4) is 0 Å². The van der Waals surface area contributed by atoms with E-state index in [4.69, 9.17) is 23.8 Å². The van der Waals surface area contributed by atoms with Crippen molar-refractivity contribution in [3.63, 3.8) is 0 Å². The summed E-state index contributed by atoms with van der Waals surface area (Å²) in [5.41, 5.74) is 3.76. The third kappa shape index (κ3) is 3.19. The molecule has 1 aliphatic rings. The average molecular weight is 407 g/mol. The van der Waals surface area contributed by atoms with E-state index >= 15 is 0 Å². The summed E-state index contributed by atoms with van der Waals surface area (Å²) < 4.78 is 0. The number of carbonyl (C=O) groups excluding carboxylic acids is 2. The highest BCUT2D eigenvalue weighted by Gasteiger charge is 2.31. The van der Waals surface area contributed by atoms with Gasteiger partial charge in [-0.25, -0.2) is 0 Å². The van der Waals surface area contributed by atoms with Crippen LogP contribution in [0.1, 0.15) is 37.4 Å². The number of nitrogens with one attached hydrogen (secondary N) is 2. The van der Waals surface area contributed by atoms with Gasteiger partial charge in [0.1, 0.15) is 0 Å². The summed E-state index contributed by atoms with van der Waals surface area (Å²) in [6.07, 6.45) is 0. The highest BCUT2D eigenvalue weighted by atomic mass is 35.5. The molecule has 0 saturated carbocycles. The molecule has 3 aromatic carbocycles. The molecule has 0 saturated heterocycles. The number of benzene rings is 3. The van der Waals surface area contributed by atoms with Crippen LogP contribution >= 0.6 is 23.8 Å². The van der Waals surface area contributed by atoms with Gasteiger partial charge in [0.2, 0.25) is 0 Å². The van der Waals surface area contributed by atoms with Crippen LogP contribution in [0.25, 0.3) is 0 Å². The lowest BCUT2D eigenvalue weighted by atomic mass is 9.83. The highest BCUT2D eigenvalue weighted by Crippen LogP contribution is 2.32. The second-order valence-electron chi connectivity index (χ2n) is 6.47. The number of hydrogen-bond donors (Lipinski definition) is 2. The van der Waals surface area contributed by atoms with E-state index in [1.165, 1.54) is 0 Å². The minimum Gasteiger partial charge on any atom is -0.332 e. The summed E-state index contributed by atoms with van der Waals surface area (Å²) in [4.78, 5) is 25.9. The first-order valence-electron chi connectivity index (χ1n) is 8.61. The Hall–Kier alpha value is -3.02. The molecule has 4 rings (SSSR count). The lowest BCUT2D eigenvalue weighted by Crippen LogP contribution is -2.25. The zero-order valence-electron chi connectivity index (χ0n) is 14.9. The quantitative estimate of drug-likeness (QED) is 0.446. The largest absolute Gasteiger partial charge is 0.332 e. The Balaban J connectivity index is 1.67. The molecule has 4 nitrogen and oxygen atoms in total. The first-order chi connectivity index (χ1) is 13.5. The molecule has 6 heteroatoms. The minimum absolute atomic E-state index is 0.168. The van der Waals surface area contributed by atoms with Crippen LogP contribution in [0.3, 0.4) is 0 Å². The molecule has 0 atom stereocenters. The van der Waals surface area contributed by atoms with Crippen LogP contribution in [-0.4, -0.2) is 16.7 Å². The molecule has 0 amide bonds. The summed E-state index contributed by atoms with van der Waals surface area (Å²) in [5, 5.41) is 7.03. The predicted octanol–water partition coefficient (Wildman–Crippen LogP) is 5.23. The van der Waals surface area contributed by atoms with Crippen LogP contribution in [0.15, 0.2) is 60.7 Å². The molecule has 0 aliphatic heterocycles. The molecule has 2 N–H and O–H groups in total. The molecule has 28 heavy (non-hydrogen) atoms. The molecule has 0 unspecified atom stereocenters. The number of anilines is 2. The van der Waals surface area contributed by atoms with E-state index in [1.807, 2.05) is 13.0 Å². The van der Waals surface area contributed by atoms with Crippen molar-refractivity contribution in [3.05, 3.63) is 93.5 Å². The molecule has 0 bridgehead atoms. The summed E-state index contributed by atoms with van der Waals surface area (Å²) in [5.74, 6) is -0.367. The highest BCUT2D eigenvalue weighted by molar-refractivity contribution is 7.80. The Labute approximate surface area is 172 Å². The number of rotatable bonds is 2. The standard InChI is InChI=1S/C22H15ClN2O2S/c1-12-9-10-13(23)11-18(12)25-22(28)24-17-8-4-7-16-19(17)21(27)15-6-3-2-5-14(15)20(16)26/h2-11H,1H3,(H2,24,25,28). The van der Waals surface area contributed by atoms with Crippen molar-refractivity contribution in [2.24, 2.45) is 0 Å². The Bertz CT molecular complexity index is 1160. The smallest absolute Gasteiger partial charge is 0.196 e. The van der Waals surface area contributed by atoms with Gasteiger partial charge in [-0.15, -0.1) is 0 Å². The average Bonchev–Trinajstić information content (AvgIpc) is 2.69. The van der Waals surface area contributed by atoms with Crippen LogP contribution in [0.5, 0.6) is 0 Å². The van der Waals surface area contributed by atoms with E-state index in [-0.39, 0.29) is 11.6 Å². The van der Waals surface area contributed by atoms with Crippen molar-refractivity contribution in [1.29, 1.82) is 0 Å². The summed E-state index contributed by atoms with van der Waals surface area (Å²) >= 11 is 11.5. The molecule has 3 aromatic rings. The van der Waals surface area contributed by atoms with Crippen molar-refractivity contribution in [1.82, 2.24) is 0 Å². The van der Waals surface area contributed by atoms with Crippen molar-refractivity contribution in [2.75, 3.05) is 10.6 Å². The monoisotopic (exact) mass is 406 g/mol. The van der Waals surface area contributed by atoms with Gasteiger partial charge in [0.15, 0.2) is 16.7 Å². The second-order valence-corrected chi connectivity index (χ2v) is 7.32. The fourth-order valence-electron chi connectivity index (χ4n) is 3.25. The van der Waals surface area contributed by atoms with E-state index in [1.54, 1.807) is 54.6 Å². The fraction of sp³-hybridized carbons (Fsp3) is 0.0455. The zero-order chi connectivity index (χ0) is 19.8. The number of fused-ring (bicyclic) bond motifs is 2. The summed E-state index contributed by atoms with van der Waals surface area (Å²) in [6, 6.07) is 17.4. The van der Waals surface area contributed by atoms with E-state index in [9.17, 15) is 9.59 Å². The van der Waals surface area contributed by atoms with Crippen molar-refractivity contribution in [2.45, 2.75) is 6.92 Å². The molecule has 0 aromatic heterocycles. The van der Waals surface area contributed by atoms with Crippen LogP contribution < -0.4 is 10.6 Å². The SMILES string of the molecule is Cc1ccc(Cl)cc1NC(=S)Nc1cccc2c1C(=O)c1ccccc1C2=O. The van der Waals surface area contributed by atoms with Crippen molar-refractivity contribution >= 4 is 51.9 Å². The van der Waals surface area contributed by atoms with Gasteiger partial charge in [0.25, 0.3) is 0 Å². The number of aryl methyl sites for hydroxylation is 1. The molecule has 0 heterocycles. The number of ketones is 2. The summed E-state index contributed by atoms with van der Waals surface area (Å²) in [6.45, 7) is 1.94. The lowest BCUT2D eigenvalue weighted by Gasteiger charge is -2.21. The number of thiocarbonyl (C=S) groups is 1. The molecule has 1 aliphatic carbocycles. The Morgan fingerprint density at radius 3 is 2.21 bits per heavy atom. The van der Waals surface area contributed by atoms with E-state index in [0.29, 0.717) is 38.1 Å². The van der Waals surface area contributed by atoms with E-state index in [0.717, 1.165) is 11.3 Å². The van der Waals surface area contributed by atoms with E-state index < -0.39 is 0 Å². The summed E-state index contributed by atoms with van der Waals surface area (Å²) in [7, 11) is 0. The second kappa shape index (κ2) is 7.19. The van der Waals surface area contributed by atoms with Crippen LogP contribution in [0.4, 0.5) is 11.4 Å². The first-order valence-corrected chi connectivity index (χ1v) is 9.40. The lowest BCUT2D eigenvalue weighted by molar-refractivity contribution is 0.0979. The molecular formula is C22H15ClN2O2S. The third-order valence-corrected chi connectivity index (χ3v) is 5.09. The van der Waals surface area contributed by atoms with Crippen LogP contribution in [-0.2, 0) is 0 Å². The molecule has 0 fully saturated rings. The van der Waals surface area contributed by atoms with Crippen LogP contribution in [0.2, 0.25) is 5.02 Å². The zero-order valence-corrected chi connectivity index (χ0v) is 16.4. The van der Waals surface area contributed by atoms with Gasteiger partial charge in [0, 0.05) is 27.4 Å². The van der Waals surface area contributed by atoms with Gasteiger partial charge in [-0.2, -0.15) is 0 Å². The molecule has 0 spiro atoms. The maximum Gasteiger partial charge on any atom is 0.196 e. The molecule has 138 valence electrons. The molecule has 0 radical (unpaired) electrons. The number of hydrogen-bond acceptors (Lipinski definition) is 3. The van der Waals surface area contributed by atoms with Gasteiger partial charge in [0.05, 0.1) is 11.3 Å². The third-order valence-electron chi connectivity index (χ3n) is 4.65. The Kier molecular flexibility index (Phi) is 4.71. The fourth-order valence-corrected chi connectivity index (χ4v) is 3.65. The normalized spacial score (nSPS) is 12.2. The van der Waals surface area contributed by atoms with Crippen molar-refractivity contribution < 1.29 is 9.59 Å². The number of carbonyl (C=O) groups is 2. The van der Waals surface area contributed by atoms with Gasteiger partial charge < -0.3 is 10.6 Å².